The van der Waals surface area contributed by atoms with Crippen molar-refractivity contribution in [1.29, 1.82) is 0 Å². The van der Waals surface area contributed by atoms with E-state index in [2.05, 4.69) is 30.3 Å². The van der Waals surface area contributed by atoms with Crippen LogP contribution in [0.25, 0.3) is 10.8 Å². The van der Waals surface area contributed by atoms with Crippen molar-refractivity contribution in [1.82, 2.24) is 5.73 Å². The lowest BCUT2D eigenvalue weighted by molar-refractivity contribution is 0.943. The molecule has 0 aliphatic rings. The lowest BCUT2D eigenvalue weighted by Crippen LogP contribution is -1.91. The molecule has 0 spiro atoms. The van der Waals surface area contributed by atoms with Crippen LogP contribution < -0.4 is 5.73 Å². The molecule has 0 aliphatic heterocycles. The number of hydrogen-bond acceptors (Lipinski definition) is 0. The summed E-state index contributed by atoms with van der Waals surface area (Å²) in [7, 11) is 0. The maximum absolute atomic E-state index is 7.15. The molecule has 0 unspecified atom stereocenters. The van der Waals surface area contributed by atoms with E-state index in [0.29, 0.717) is 6.54 Å². The van der Waals surface area contributed by atoms with Crippen molar-refractivity contribution in [2.75, 3.05) is 6.54 Å². The third-order valence-electron chi connectivity index (χ3n) is 2.23. The minimum absolute atomic E-state index is 0.471. The van der Waals surface area contributed by atoms with Crippen LogP contribution in [0.15, 0.2) is 42.5 Å². The first kappa shape index (κ1) is 8.27. The van der Waals surface area contributed by atoms with E-state index in [-0.39, 0.29) is 0 Å². The average molecular weight is 170 g/mol. The van der Waals surface area contributed by atoms with Gasteiger partial charge in [-0.25, -0.2) is 0 Å². The van der Waals surface area contributed by atoms with E-state index in [1.807, 2.05) is 12.1 Å². The van der Waals surface area contributed by atoms with Crippen molar-refractivity contribution in [3.8, 4) is 0 Å². The molecule has 1 N–H and O–H groups in total. The molecule has 0 atom stereocenters. The summed E-state index contributed by atoms with van der Waals surface area (Å²) in [6.45, 7) is 0.471. The van der Waals surface area contributed by atoms with Gasteiger partial charge in [0.15, 0.2) is 0 Å². The lowest BCUT2D eigenvalue weighted by Gasteiger charge is -2.01. The Hall–Kier alpha value is -1.34. The molecule has 1 heteroatoms. The molecule has 65 valence electrons. The van der Waals surface area contributed by atoms with Gasteiger partial charge in [0.25, 0.3) is 0 Å². The van der Waals surface area contributed by atoms with E-state index in [0.717, 1.165) is 6.42 Å². The Morgan fingerprint density at radius 3 is 2.46 bits per heavy atom. The summed E-state index contributed by atoms with van der Waals surface area (Å²) in [6.07, 6.45) is 0.852. The van der Waals surface area contributed by atoms with Crippen molar-refractivity contribution >= 4 is 10.8 Å². The number of nitrogens with one attached hydrogen (secondary N) is 1. The Morgan fingerprint density at radius 2 is 1.69 bits per heavy atom. The standard InChI is InChI=1S/C12H12N/c13-8-7-10-5-6-11-3-1-2-4-12(11)9-10/h1-6,9,13H,7-8H2. The highest BCUT2D eigenvalue weighted by atomic mass is 14.5. The van der Waals surface area contributed by atoms with Gasteiger partial charge in [-0.15, -0.1) is 0 Å². The fraction of sp³-hybridized carbons (Fsp3) is 0.167. The van der Waals surface area contributed by atoms with Crippen LogP contribution in [-0.2, 0) is 6.42 Å². The molecule has 0 fully saturated rings. The van der Waals surface area contributed by atoms with Gasteiger partial charge >= 0.3 is 0 Å². The van der Waals surface area contributed by atoms with Gasteiger partial charge in [-0.05, 0) is 22.8 Å². The molecule has 0 saturated heterocycles. The van der Waals surface area contributed by atoms with Crippen LogP contribution in [0.4, 0.5) is 0 Å². The van der Waals surface area contributed by atoms with E-state index in [1.54, 1.807) is 0 Å². The first-order valence-corrected chi connectivity index (χ1v) is 4.52. The molecule has 0 heterocycles. The Labute approximate surface area is 78.2 Å². The number of fused-ring (bicyclic) bond motifs is 1. The van der Waals surface area contributed by atoms with Crippen molar-refractivity contribution in [2.24, 2.45) is 0 Å². The predicted molar refractivity (Wildman–Crippen MR) is 55.6 cm³/mol. The quantitative estimate of drug-likeness (QED) is 0.661. The summed E-state index contributed by atoms with van der Waals surface area (Å²) >= 11 is 0. The average Bonchev–Trinajstić information content (AvgIpc) is 2.18. The molecule has 2 rings (SSSR count). The van der Waals surface area contributed by atoms with Gasteiger partial charge in [0.2, 0.25) is 0 Å². The summed E-state index contributed by atoms with van der Waals surface area (Å²) in [5.41, 5.74) is 8.41. The largest absolute Gasteiger partial charge is 0.258 e. The highest BCUT2D eigenvalue weighted by Gasteiger charge is 1.94. The zero-order chi connectivity index (χ0) is 9.10. The number of hydrogen-bond donors (Lipinski definition) is 0. The summed E-state index contributed by atoms with van der Waals surface area (Å²) in [5.74, 6) is 0. The number of rotatable bonds is 2. The van der Waals surface area contributed by atoms with Gasteiger partial charge in [-0.1, -0.05) is 42.5 Å². The third kappa shape index (κ3) is 1.70. The van der Waals surface area contributed by atoms with Crippen LogP contribution >= 0.6 is 0 Å². The maximum Gasteiger partial charge on any atom is 0.0140 e. The lowest BCUT2D eigenvalue weighted by atomic mass is 10.1. The molecule has 0 aromatic heterocycles. The van der Waals surface area contributed by atoms with Crippen LogP contribution in [0.5, 0.6) is 0 Å². The van der Waals surface area contributed by atoms with Crippen molar-refractivity contribution < 1.29 is 0 Å². The minimum Gasteiger partial charge on any atom is -0.258 e. The van der Waals surface area contributed by atoms with Gasteiger partial charge in [-0.3, -0.25) is 5.73 Å². The van der Waals surface area contributed by atoms with E-state index < -0.39 is 0 Å². The van der Waals surface area contributed by atoms with Crippen molar-refractivity contribution in [3.63, 3.8) is 0 Å². The zero-order valence-corrected chi connectivity index (χ0v) is 7.46. The van der Waals surface area contributed by atoms with Gasteiger partial charge in [0.05, 0.1) is 0 Å². The highest BCUT2D eigenvalue weighted by molar-refractivity contribution is 5.82. The second-order valence-electron chi connectivity index (χ2n) is 3.18. The van der Waals surface area contributed by atoms with Crippen LogP contribution in [0.3, 0.4) is 0 Å². The number of benzene rings is 2. The predicted octanol–water partition coefficient (Wildman–Crippen LogP) is 2.67. The molecule has 2 aromatic rings. The SMILES string of the molecule is [NH]CCc1ccc2ccccc2c1. The molecule has 1 radical (unpaired) electrons. The van der Waals surface area contributed by atoms with Gasteiger partial charge in [0, 0.05) is 6.54 Å². The second kappa shape index (κ2) is 3.58. The molecule has 2 aromatic carbocycles. The molecular formula is C12H12N. The molecule has 1 nitrogen and oxygen atoms in total. The van der Waals surface area contributed by atoms with E-state index in [1.165, 1.54) is 16.3 Å². The Morgan fingerprint density at radius 1 is 0.923 bits per heavy atom. The zero-order valence-electron chi connectivity index (χ0n) is 7.46. The molecule has 0 saturated carbocycles. The van der Waals surface area contributed by atoms with Crippen LogP contribution in [0, 0.1) is 0 Å². The molecular weight excluding hydrogens is 158 g/mol. The fourth-order valence-corrected chi connectivity index (χ4v) is 1.54. The molecule has 0 aliphatic carbocycles. The smallest absolute Gasteiger partial charge is 0.0140 e. The summed E-state index contributed by atoms with van der Waals surface area (Å²) in [6, 6.07) is 14.7. The highest BCUT2D eigenvalue weighted by Crippen LogP contribution is 2.15. The Balaban J connectivity index is 2.49. The van der Waals surface area contributed by atoms with Gasteiger partial charge in [0.1, 0.15) is 0 Å². The Kier molecular flexibility index (Phi) is 2.28. The van der Waals surface area contributed by atoms with E-state index in [9.17, 15) is 0 Å². The normalized spacial score (nSPS) is 10.5. The van der Waals surface area contributed by atoms with Gasteiger partial charge < -0.3 is 0 Å². The van der Waals surface area contributed by atoms with Crippen molar-refractivity contribution in [2.45, 2.75) is 6.42 Å². The fourth-order valence-electron chi connectivity index (χ4n) is 1.54. The van der Waals surface area contributed by atoms with E-state index in [4.69, 9.17) is 5.73 Å². The van der Waals surface area contributed by atoms with Crippen LogP contribution in [0.1, 0.15) is 5.56 Å². The summed E-state index contributed by atoms with van der Waals surface area (Å²) in [5, 5.41) is 2.55. The summed E-state index contributed by atoms with van der Waals surface area (Å²) in [4.78, 5) is 0. The maximum atomic E-state index is 7.15. The van der Waals surface area contributed by atoms with Crippen LogP contribution in [-0.4, -0.2) is 6.54 Å². The van der Waals surface area contributed by atoms with Crippen molar-refractivity contribution in [3.05, 3.63) is 48.0 Å². The summed E-state index contributed by atoms with van der Waals surface area (Å²) < 4.78 is 0. The monoisotopic (exact) mass is 170 g/mol. The van der Waals surface area contributed by atoms with Gasteiger partial charge in [-0.2, -0.15) is 0 Å². The second-order valence-corrected chi connectivity index (χ2v) is 3.18. The van der Waals surface area contributed by atoms with Crippen LogP contribution in [0.2, 0.25) is 0 Å². The van der Waals surface area contributed by atoms with E-state index >= 15 is 0 Å². The first-order valence-electron chi connectivity index (χ1n) is 4.52. The Bertz CT molecular complexity index is 407. The molecule has 0 bridgehead atoms. The molecule has 0 amide bonds. The minimum atomic E-state index is 0.471. The first-order chi connectivity index (χ1) is 6.40. The third-order valence-corrected chi connectivity index (χ3v) is 2.23. The molecule has 13 heavy (non-hydrogen) atoms. The topological polar surface area (TPSA) is 23.8 Å².